The van der Waals surface area contributed by atoms with E-state index in [1.807, 2.05) is 13.8 Å². The largest absolute Gasteiger partial charge is 0.481 e. The van der Waals surface area contributed by atoms with Crippen LogP contribution in [0.4, 0.5) is 0 Å². The third-order valence-electron chi connectivity index (χ3n) is 3.02. The molecule has 2 N–H and O–H groups in total. The van der Waals surface area contributed by atoms with Crippen LogP contribution in [-0.2, 0) is 16.8 Å². The smallest absolute Gasteiger partial charge is 0.307 e. The first-order chi connectivity index (χ1) is 7.34. The maximum Gasteiger partial charge on any atom is 0.307 e. The third-order valence-corrected chi connectivity index (χ3v) is 3.02. The molecule has 0 aromatic heterocycles. The molecular weight excluding hydrogens is 204 g/mol. The standard InChI is InChI=1S/C13H18O3/c1-9(2)13(3,16)11-6-4-10(5-7-11)8-12(14)15/h4-7,9,16H,8H2,1-3H3,(H,14,15). The highest BCUT2D eigenvalue weighted by Gasteiger charge is 2.26. The quantitative estimate of drug-likeness (QED) is 0.821. The zero-order chi connectivity index (χ0) is 12.3. The van der Waals surface area contributed by atoms with Gasteiger partial charge in [0.1, 0.15) is 0 Å². The predicted molar refractivity (Wildman–Crippen MR) is 62.2 cm³/mol. The van der Waals surface area contributed by atoms with Crippen LogP contribution in [0.2, 0.25) is 0 Å². The molecule has 0 aliphatic rings. The van der Waals surface area contributed by atoms with Crippen LogP contribution in [0.5, 0.6) is 0 Å². The van der Waals surface area contributed by atoms with E-state index in [4.69, 9.17) is 5.11 Å². The Hall–Kier alpha value is -1.35. The fourth-order valence-corrected chi connectivity index (χ4v) is 1.47. The monoisotopic (exact) mass is 222 g/mol. The van der Waals surface area contributed by atoms with Crippen LogP contribution < -0.4 is 0 Å². The summed E-state index contributed by atoms with van der Waals surface area (Å²) in [5.41, 5.74) is 0.689. The van der Waals surface area contributed by atoms with Crippen LogP contribution in [0.1, 0.15) is 31.9 Å². The van der Waals surface area contributed by atoms with Crippen molar-refractivity contribution in [3.8, 4) is 0 Å². The summed E-state index contributed by atoms with van der Waals surface area (Å²) < 4.78 is 0. The van der Waals surface area contributed by atoms with Crippen molar-refractivity contribution < 1.29 is 15.0 Å². The second-order valence-corrected chi connectivity index (χ2v) is 4.57. The molecule has 0 amide bonds. The van der Waals surface area contributed by atoms with E-state index in [0.29, 0.717) is 0 Å². The molecule has 1 aromatic rings. The Labute approximate surface area is 95.7 Å². The molecule has 1 aromatic carbocycles. The van der Waals surface area contributed by atoms with Gasteiger partial charge < -0.3 is 10.2 Å². The molecule has 0 saturated carbocycles. The average molecular weight is 222 g/mol. The van der Waals surface area contributed by atoms with Gasteiger partial charge in [0.05, 0.1) is 12.0 Å². The number of carbonyl (C=O) groups is 1. The fraction of sp³-hybridized carbons (Fsp3) is 0.462. The first-order valence-electron chi connectivity index (χ1n) is 5.37. The molecule has 3 nitrogen and oxygen atoms in total. The maximum atomic E-state index is 10.5. The second kappa shape index (κ2) is 4.66. The summed E-state index contributed by atoms with van der Waals surface area (Å²) in [7, 11) is 0. The lowest BCUT2D eigenvalue weighted by molar-refractivity contribution is -0.136. The fourth-order valence-electron chi connectivity index (χ4n) is 1.47. The predicted octanol–water partition coefficient (Wildman–Crippen LogP) is 2.18. The molecule has 16 heavy (non-hydrogen) atoms. The van der Waals surface area contributed by atoms with Gasteiger partial charge in [-0.1, -0.05) is 38.1 Å². The van der Waals surface area contributed by atoms with E-state index in [2.05, 4.69) is 0 Å². The van der Waals surface area contributed by atoms with Crippen molar-refractivity contribution in [3.05, 3.63) is 35.4 Å². The molecular formula is C13H18O3. The van der Waals surface area contributed by atoms with E-state index in [1.165, 1.54) is 0 Å². The zero-order valence-electron chi connectivity index (χ0n) is 9.90. The van der Waals surface area contributed by atoms with Gasteiger partial charge in [-0.15, -0.1) is 0 Å². The SMILES string of the molecule is CC(C)C(C)(O)c1ccc(CC(=O)O)cc1. The minimum atomic E-state index is -0.873. The lowest BCUT2D eigenvalue weighted by Gasteiger charge is -2.28. The maximum absolute atomic E-state index is 10.5. The number of aliphatic carboxylic acids is 1. The number of aliphatic hydroxyl groups is 1. The van der Waals surface area contributed by atoms with Crippen LogP contribution in [-0.4, -0.2) is 16.2 Å². The molecule has 3 heteroatoms. The first kappa shape index (κ1) is 12.7. The van der Waals surface area contributed by atoms with Gasteiger partial charge in [-0.25, -0.2) is 0 Å². The Bertz CT molecular complexity index is 363. The normalized spacial score (nSPS) is 14.8. The third kappa shape index (κ3) is 2.83. The van der Waals surface area contributed by atoms with E-state index < -0.39 is 11.6 Å². The van der Waals surface area contributed by atoms with Crippen molar-refractivity contribution in [2.24, 2.45) is 5.92 Å². The second-order valence-electron chi connectivity index (χ2n) is 4.57. The van der Waals surface area contributed by atoms with E-state index in [1.54, 1.807) is 31.2 Å². The van der Waals surface area contributed by atoms with E-state index in [9.17, 15) is 9.90 Å². The molecule has 0 fully saturated rings. The Morgan fingerprint density at radius 1 is 1.31 bits per heavy atom. The van der Waals surface area contributed by atoms with Crippen molar-refractivity contribution in [1.29, 1.82) is 0 Å². The molecule has 1 atom stereocenters. The van der Waals surface area contributed by atoms with Crippen molar-refractivity contribution in [3.63, 3.8) is 0 Å². The average Bonchev–Trinajstić information content (AvgIpc) is 2.17. The van der Waals surface area contributed by atoms with Crippen molar-refractivity contribution in [1.82, 2.24) is 0 Å². The van der Waals surface area contributed by atoms with E-state index in [0.717, 1.165) is 11.1 Å². The number of hydrogen-bond acceptors (Lipinski definition) is 2. The van der Waals surface area contributed by atoms with Crippen LogP contribution in [0, 0.1) is 5.92 Å². The highest BCUT2D eigenvalue weighted by atomic mass is 16.4. The summed E-state index contributed by atoms with van der Waals surface area (Å²) in [6, 6.07) is 7.08. The Kier molecular flexibility index (Phi) is 3.70. The summed E-state index contributed by atoms with van der Waals surface area (Å²) in [6.45, 7) is 5.67. The molecule has 0 bridgehead atoms. The number of benzene rings is 1. The lowest BCUT2D eigenvalue weighted by atomic mass is 9.85. The first-order valence-corrected chi connectivity index (χ1v) is 5.37. The zero-order valence-corrected chi connectivity index (χ0v) is 9.90. The highest BCUT2D eigenvalue weighted by molar-refractivity contribution is 5.70. The van der Waals surface area contributed by atoms with Gasteiger partial charge in [0.25, 0.3) is 0 Å². The Balaban J connectivity index is 2.90. The molecule has 0 heterocycles. The van der Waals surface area contributed by atoms with Gasteiger partial charge in [0.2, 0.25) is 0 Å². The summed E-state index contributed by atoms with van der Waals surface area (Å²) >= 11 is 0. The van der Waals surface area contributed by atoms with Crippen LogP contribution in [0.3, 0.4) is 0 Å². The van der Waals surface area contributed by atoms with Gasteiger partial charge in [-0.2, -0.15) is 0 Å². The van der Waals surface area contributed by atoms with E-state index in [-0.39, 0.29) is 12.3 Å². The number of hydrogen-bond donors (Lipinski definition) is 2. The molecule has 0 aliphatic carbocycles. The minimum Gasteiger partial charge on any atom is -0.481 e. The van der Waals surface area contributed by atoms with Gasteiger partial charge in [-0.05, 0) is 24.0 Å². The van der Waals surface area contributed by atoms with Crippen LogP contribution in [0.25, 0.3) is 0 Å². The molecule has 1 unspecified atom stereocenters. The highest BCUT2D eigenvalue weighted by Crippen LogP contribution is 2.28. The van der Waals surface area contributed by atoms with Crippen LogP contribution >= 0.6 is 0 Å². The minimum absolute atomic E-state index is 0.0180. The number of carboxylic acid groups (broad SMARTS) is 1. The topological polar surface area (TPSA) is 57.5 Å². The van der Waals surface area contributed by atoms with E-state index >= 15 is 0 Å². The molecule has 0 aliphatic heterocycles. The van der Waals surface area contributed by atoms with Gasteiger partial charge in [-0.3, -0.25) is 4.79 Å². The Morgan fingerprint density at radius 2 is 1.81 bits per heavy atom. The van der Waals surface area contributed by atoms with Crippen molar-refractivity contribution >= 4 is 5.97 Å². The lowest BCUT2D eigenvalue weighted by Crippen LogP contribution is -2.27. The summed E-state index contributed by atoms with van der Waals surface area (Å²) in [6.07, 6.45) is 0.0180. The van der Waals surface area contributed by atoms with Crippen molar-refractivity contribution in [2.45, 2.75) is 32.8 Å². The molecule has 0 radical (unpaired) electrons. The number of carboxylic acids is 1. The molecule has 88 valence electrons. The molecule has 1 rings (SSSR count). The molecule has 0 spiro atoms. The summed E-state index contributed by atoms with van der Waals surface area (Å²) in [5.74, 6) is -0.735. The summed E-state index contributed by atoms with van der Waals surface area (Å²) in [4.78, 5) is 10.5. The van der Waals surface area contributed by atoms with Gasteiger partial charge in [0, 0.05) is 0 Å². The van der Waals surface area contributed by atoms with Gasteiger partial charge >= 0.3 is 5.97 Å². The van der Waals surface area contributed by atoms with Gasteiger partial charge in [0.15, 0.2) is 0 Å². The summed E-state index contributed by atoms with van der Waals surface area (Å²) in [5, 5.41) is 18.9. The van der Waals surface area contributed by atoms with Crippen molar-refractivity contribution in [2.75, 3.05) is 0 Å². The number of rotatable bonds is 4. The Morgan fingerprint density at radius 3 is 2.19 bits per heavy atom. The van der Waals surface area contributed by atoms with Crippen LogP contribution in [0.15, 0.2) is 24.3 Å². The molecule has 0 saturated heterocycles.